The van der Waals surface area contributed by atoms with Crippen molar-refractivity contribution in [3.63, 3.8) is 0 Å². The predicted octanol–water partition coefficient (Wildman–Crippen LogP) is 4.01. The van der Waals surface area contributed by atoms with Crippen molar-refractivity contribution in [2.75, 3.05) is 6.54 Å². The first-order valence-electron chi connectivity index (χ1n) is 9.38. The molecular weight excluding hydrogens is 381 g/mol. The second-order valence-corrected chi connectivity index (χ2v) is 6.72. The summed E-state index contributed by atoms with van der Waals surface area (Å²) in [6, 6.07) is 23.3. The van der Waals surface area contributed by atoms with Crippen LogP contribution in [0.3, 0.4) is 0 Å². The lowest BCUT2D eigenvalue weighted by atomic mass is 9.97. The number of hydrazone groups is 1. The number of rotatable bonds is 5. The summed E-state index contributed by atoms with van der Waals surface area (Å²) in [5, 5.41) is 10.7. The molecule has 0 saturated carbocycles. The molecule has 30 heavy (non-hydrogen) atoms. The van der Waals surface area contributed by atoms with E-state index in [1.54, 1.807) is 6.21 Å². The standard InChI is InChI=1S/C24H18FN3O2/c25-19-9-5-8-18(13-19)24(30)26-15-23(29)28-27-14-22-20-10-3-1-6-16(20)12-17-7-2-4-11-21(17)22/h1-14H,15H2,(H,26,30)(H,28,29)/b27-14+. The summed E-state index contributed by atoms with van der Waals surface area (Å²) in [6.45, 7) is -0.275. The molecule has 0 fully saturated rings. The van der Waals surface area contributed by atoms with E-state index in [-0.39, 0.29) is 12.1 Å². The first kappa shape index (κ1) is 19.3. The van der Waals surface area contributed by atoms with Gasteiger partial charge in [0.05, 0.1) is 12.8 Å². The normalized spacial score (nSPS) is 11.1. The predicted molar refractivity (Wildman–Crippen MR) is 116 cm³/mol. The minimum atomic E-state index is -0.534. The van der Waals surface area contributed by atoms with Gasteiger partial charge in [0.25, 0.3) is 11.8 Å². The summed E-state index contributed by atoms with van der Waals surface area (Å²) in [5.41, 5.74) is 3.46. The monoisotopic (exact) mass is 399 g/mol. The number of nitrogens with one attached hydrogen (secondary N) is 2. The van der Waals surface area contributed by atoms with Gasteiger partial charge < -0.3 is 5.32 Å². The van der Waals surface area contributed by atoms with E-state index in [9.17, 15) is 14.0 Å². The average Bonchev–Trinajstić information content (AvgIpc) is 2.77. The van der Waals surface area contributed by atoms with Crippen LogP contribution in [0.4, 0.5) is 4.39 Å². The summed E-state index contributed by atoms with van der Waals surface area (Å²) in [5.74, 6) is -1.53. The van der Waals surface area contributed by atoms with Crippen molar-refractivity contribution in [2.45, 2.75) is 0 Å². The highest BCUT2D eigenvalue weighted by Gasteiger charge is 2.09. The van der Waals surface area contributed by atoms with E-state index in [2.05, 4.69) is 21.9 Å². The molecule has 0 aliphatic carbocycles. The van der Waals surface area contributed by atoms with E-state index in [0.29, 0.717) is 0 Å². The highest BCUT2D eigenvalue weighted by molar-refractivity contribution is 6.13. The van der Waals surface area contributed by atoms with Gasteiger partial charge in [-0.3, -0.25) is 9.59 Å². The van der Waals surface area contributed by atoms with E-state index in [1.807, 2.05) is 48.5 Å². The molecule has 0 aliphatic heterocycles. The minimum absolute atomic E-state index is 0.147. The maximum absolute atomic E-state index is 13.2. The van der Waals surface area contributed by atoms with Crippen LogP contribution in [0.5, 0.6) is 0 Å². The summed E-state index contributed by atoms with van der Waals surface area (Å²) in [4.78, 5) is 24.0. The molecule has 0 bridgehead atoms. The Morgan fingerprint density at radius 2 is 1.53 bits per heavy atom. The first-order chi connectivity index (χ1) is 14.6. The lowest BCUT2D eigenvalue weighted by Crippen LogP contribution is -2.34. The van der Waals surface area contributed by atoms with Crippen LogP contribution in [0.15, 0.2) is 84.0 Å². The Morgan fingerprint density at radius 1 is 0.867 bits per heavy atom. The zero-order chi connectivity index (χ0) is 20.9. The Bertz CT molecular complexity index is 1230. The van der Waals surface area contributed by atoms with Gasteiger partial charge in [0, 0.05) is 11.1 Å². The van der Waals surface area contributed by atoms with Crippen LogP contribution in [0.2, 0.25) is 0 Å². The van der Waals surface area contributed by atoms with Gasteiger partial charge in [0.15, 0.2) is 0 Å². The summed E-state index contributed by atoms with van der Waals surface area (Å²) in [6.07, 6.45) is 1.61. The van der Waals surface area contributed by atoms with Gasteiger partial charge in [-0.1, -0.05) is 54.6 Å². The fraction of sp³-hybridized carbons (Fsp3) is 0.0417. The van der Waals surface area contributed by atoms with Gasteiger partial charge in [-0.05, 0) is 45.8 Å². The molecule has 148 valence electrons. The molecule has 2 N–H and O–H groups in total. The third-order valence-corrected chi connectivity index (χ3v) is 4.69. The van der Waals surface area contributed by atoms with E-state index in [1.165, 1.54) is 18.2 Å². The van der Waals surface area contributed by atoms with Crippen molar-refractivity contribution >= 4 is 39.6 Å². The third kappa shape index (κ3) is 4.17. The van der Waals surface area contributed by atoms with Crippen LogP contribution >= 0.6 is 0 Å². The summed E-state index contributed by atoms with van der Waals surface area (Å²) in [7, 11) is 0. The summed E-state index contributed by atoms with van der Waals surface area (Å²) < 4.78 is 13.2. The number of nitrogens with zero attached hydrogens (tertiary/aromatic N) is 1. The molecule has 0 atom stereocenters. The largest absolute Gasteiger partial charge is 0.343 e. The molecule has 4 aromatic carbocycles. The van der Waals surface area contributed by atoms with Crippen LogP contribution in [-0.2, 0) is 4.79 Å². The van der Waals surface area contributed by atoms with Crippen LogP contribution in [-0.4, -0.2) is 24.6 Å². The van der Waals surface area contributed by atoms with Crippen molar-refractivity contribution in [3.8, 4) is 0 Å². The fourth-order valence-electron chi connectivity index (χ4n) is 3.29. The number of hydrogen-bond donors (Lipinski definition) is 2. The zero-order valence-corrected chi connectivity index (χ0v) is 15.9. The first-order valence-corrected chi connectivity index (χ1v) is 9.38. The average molecular weight is 399 g/mol. The molecule has 0 saturated heterocycles. The number of amides is 2. The molecule has 0 radical (unpaired) electrons. The van der Waals surface area contributed by atoms with Gasteiger partial charge in [-0.25, -0.2) is 9.82 Å². The van der Waals surface area contributed by atoms with Gasteiger partial charge in [0.1, 0.15) is 5.82 Å². The number of halogens is 1. The molecule has 0 heterocycles. The fourth-order valence-corrected chi connectivity index (χ4v) is 3.29. The molecule has 4 rings (SSSR count). The number of carbonyl (C=O) groups is 2. The topological polar surface area (TPSA) is 70.6 Å². The van der Waals surface area contributed by atoms with Gasteiger partial charge in [-0.15, -0.1) is 0 Å². The second kappa shape index (κ2) is 8.53. The Labute approximate surface area is 172 Å². The summed E-state index contributed by atoms with van der Waals surface area (Å²) >= 11 is 0. The molecule has 2 amide bonds. The van der Waals surface area contributed by atoms with Crippen LogP contribution < -0.4 is 10.7 Å². The van der Waals surface area contributed by atoms with Crippen molar-refractivity contribution in [1.29, 1.82) is 0 Å². The van der Waals surface area contributed by atoms with E-state index in [4.69, 9.17) is 0 Å². The quantitative estimate of drug-likeness (QED) is 0.302. The number of benzene rings is 4. The van der Waals surface area contributed by atoms with Crippen molar-refractivity contribution in [2.24, 2.45) is 5.10 Å². The number of carbonyl (C=O) groups excluding carboxylic acids is 2. The molecule has 0 unspecified atom stereocenters. The Morgan fingerprint density at radius 3 is 2.20 bits per heavy atom. The molecular formula is C24H18FN3O2. The van der Waals surface area contributed by atoms with Gasteiger partial charge >= 0.3 is 0 Å². The lowest BCUT2D eigenvalue weighted by Gasteiger charge is -2.08. The highest BCUT2D eigenvalue weighted by Crippen LogP contribution is 2.27. The highest BCUT2D eigenvalue weighted by atomic mass is 19.1. The van der Waals surface area contributed by atoms with Crippen molar-refractivity contribution < 1.29 is 14.0 Å². The van der Waals surface area contributed by atoms with Gasteiger partial charge in [0.2, 0.25) is 0 Å². The minimum Gasteiger partial charge on any atom is -0.343 e. The van der Waals surface area contributed by atoms with E-state index < -0.39 is 17.6 Å². The van der Waals surface area contributed by atoms with E-state index in [0.717, 1.165) is 33.2 Å². The molecule has 4 aromatic rings. The maximum Gasteiger partial charge on any atom is 0.259 e. The smallest absolute Gasteiger partial charge is 0.259 e. The zero-order valence-electron chi connectivity index (χ0n) is 15.9. The van der Waals surface area contributed by atoms with Gasteiger partial charge in [-0.2, -0.15) is 5.10 Å². The SMILES string of the molecule is O=C(CNC(=O)c1cccc(F)c1)N/N=C/c1c2ccccc2cc2ccccc12. The lowest BCUT2D eigenvalue weighted by molar-refractivity contribution is -0.120. The van der Waals surface area contributed by atoms with Crippen LogP contribution in [0, 0.1) is 5.82 Å². The molecule has 6 heteroatoms. The maximum atomic E-state index is 13.2. The Hall–Kier alpha value is -4.06. The Kier molecular flexibility index (Phi) is 5.48. The number of hydrogen-bond acceptors (Lipinski definition) is 3. The van der Waals surface area contributed by atoms with Crippen molar-refractivity contribution in [3.05, 3.63) is 95.8 Å². The Balaban J connectivity index is 1.47. The second-order valence-electron chi connectivity index (χ2n) is 6.72. The third-order valence-electron chi connectivity index (χ3n) is 4.69. The molecule has 0 aliphatic rings. The van der Waals surface area contributed by atoms with Crippen LogP contribution in [0.1, 0.15) is 15.9 Å². The molecule has 0 aromatic heterocycles. The van der Waals surface area contributed by atoms with Crippen LogP contribution in [0.25, 0.3) is 21.5 Å². The van der Waals surface area contributed by atoms with Crippen molar-refractivity contribution in [1.82, 2.24) is 10.7 Å². The number of fused-ring (bicyclic) bond motifs is 2. The molecule has 5 nitrogen and oxygen atoms in total. The molecule has 0 spiro atoms. The van der Waals surface area contributed by atoms with E-state index >= 15 is 0 Å².